The summed E-state index contributed by atoms with van der Waals surface area (Å²) < 4.78 is 129. The van der Waals surface area contributed by atoms with Crippen LogP contribution >= 0.6 is 0 Å². The smallest absolute Gasteiger partial charge is 0.454 e. The normalized spacial score (nSPS) is 20.3. The molecule has 7 nitrogen and oxygen atoms in total. The maximum Gasteiger partial charge on any atom is 0.454 e. The molecule has 1 saturated carbocycles. The zero-order valence-electron chi connectivity index (χ0n) is 24.9. The molecule has 0 spiro atoms. The van der Waals surface area contributed by atoms with Gasteiger partial charge in [0.15, 0.2) is 9.84 Å². The minimum absolute atomic E-state index is 0.105. The van der Waals surface area contributed by atoms with E-state index in [2.05, 4.69) is 18.3 Å². The van der Waals surface area contributed by atoms with Crippen molar-refractivity contribution in [2.45, 2.75) is 118 Å². The third-order valence-electron chi connectivity index (χ3n) is 7.86. The van der Waals surface area contributed by atoms with E-state index in [4.69, 9.17) is 10.4 Å². The summed E-state index contributed by atoms with van der Waals surface area (Å²) in [6.45, 7) is 0.0503. The van der Waals surface area contributed by atoms with Gasteiger partial charge < -0.3 is 5.11 Å². The summed E-state index contributed by atoms with van der Waals surface area (Å²) in [5, 5.41) is 19.4. The van der Waals surface area contributed by atoms with Gasteiger partial charge in [0.05, 0.1) is 28.3 Å². The minimum Gasteiger partial charge on any atom is -0.480 e. The fourth-order valence-corrected chi connectivity index (χ4v) is 6.97. The van der Waals surface area contributed by atoms with Gasteiger partial charge >= 0.3 is 24.2 Å². The first-order valence-corrected chi connectivity index (χ1v) is 16.3. The van der Waals surface area contributed by atoms with Crippen LogP contribution in [0.25, 0.3) is 0 Å². The number of sulfone groups is 1. The number of nitriles is 1. The molecule has 256 valence electrons. The fourth-order valence-electron chi connectivity index (χ4n) is 5.03. The van der Waals surface area contributed by atoms with E-state index in [1.165, 1.54) is 51.4 Å². The SMILES string of the molecule is CCCCCCCCCCNC1(C#N)CC1.O=C(O)[C@@H]1C[C@@H](S(=O)(=O)c2ccccc2C(F)(F)F)CN1CC(F)(F)C(F)(F)F. The van der Waals surface area contributed by atoms with Crippen molar-refractivity contribution in [3.8, 4) is 6.07 Å². The zero-order valence-corrected chi connectivity index (χ0v) is 25.7. The molecule has 1 aliphatic heterocycles. The molecule has 0 amide bonds. The maximum absolute atomic E-state index is 13.3. The Balaban J connectivity index is 0.000000372. The summed E-state index contributed by atoms with van der Waals surface area (Å²) in [4.78, 5) is 10.1. The predicted octanol–water partition coefficient (Wildman–Crippen LogP) is 6.98. The van der Waals surface area contributed by atoms with Crippen molar-refractivity contribution in [1.82, 2.24) is 10.2 Å². The van der Waals surface area contributed by atoms with Crippen LogP contribution in [0.2, 0.25) is 0 Å². The summed E-state index contributed by atoms with van der Waals surface area (Å²) in [5.41, 5.74) is -1.66. The molecule has 1 heterocycles. The van der Waals surface area contributed by atoms with Crippen LogP contribution in [0.3, 0.4) is 0 Å². The number of unbranched alkanes of at least 4 members (excludes halogenated alkanes) is 7. The highest BCUT2D eigenvalue weighted by molar-refractivity contribution is 7.92. The van der Waals surface area contributed by atoms with Crippen LogP contribution in [0.5, 0.6) is 0 Å². The van der Waals surface area contributed by atoms with Crippen LogP contribution in [0.4, 0.5) is 35.1 Å². The Kier molecular flexibility index (Phi) is 13.6. The first-order valence-electron chi connectivity index (χ1n) is 14.8. The van der Waals surface area contributed by atoms with E-state index >= 15 is 0 Å². The Labute approximate surface area is 257 Å². The van der Waals surface area contributed by atoms with Crippen LogP contribution in [-0.2, 0) is 20.8 Å². The van der Waals surface area contributed by atoms with Crippen molar-refractivity contribution in [2.75, 3.05) is 19.6 Å². The third-order valence-corrected chi connectivity index (χ3v) is 10.1. The zero-order chi connectivity index (χ0) is 34.1. The molecule has 1 saturated heterocycles. The molecule has 2 atom stereocenters. The number of nitrogens with zero attached hydrogens (tertiary/aromatic N) is 2. The number of hydrogen-bond acceptors (Lipinski definition) is 6. The van der Waals surface area contributed by atoms with Gasteiger partial charge in [-0.05, 0) is 44.4 Å². The molecule has 1 aromatic rings. The molecule has 2 aliphatic rings. The van der Waals surface area contributed by atoms with Crippen LogP contribution in [0.1, 0.15) is 83.1 Å². The highest BCUT2D eigenvalue weighted by Gasteiger charge is 2.60. The number of hydrogen-bond donors (Lipinski definition) is 2. The Morgan fingerprint density at radius 3 is 2.04 bits per heavy atom. The number of aliphatic carboxylic acids is 1. The van der Waals surface area contributed by atoms with Gasteiger partial charge in [-0.3, -0.25) is 15.0 Å². The number of carbonyl (C=O) groups is 1. The average Bonchev–Trinajstić information content (AvgIpc) is 3.60. The van der Waals surface area contributed by atoms with Gasteiger partial charge in [-0.25, -0.2) is 8.42 Å². The molecule has 0 bridgehead atoms. The van der Waals surface area contributed by atoms with E-state index in [1.807, 2.05) is 0 Å². The molecule has 3 rings (SSSR count). The van der Waals surface area contributed by atoms with E-state index < -0.39 is 75.3 Å². The van der Waals surface area contributed by atoms with Gasteiger partial charge in [-0.2, -0.15) is 40.4 Å². The quantitative estimate of drug-likeness (QED) is 0.152. The van der Waals surface area contributed by atoms with Crippen molar-refractivity contribution in [2.24, 2.45) is 0 Å². The van der Waals surface area contributed by atoms with Gasteiger partial charge in [0.25, 0.3) is 0 Å². The topological polar surface area (TPSA) is 110 Å². The van der Waals surface area contributed by atoms with E-state index in [0.717, 1.165) is 31.5 Å². The molecule has 16 heteroatoms. The Morgan fingerprint density at radius 2 is 1.56 bits per heavy atom. The lowest BCUT2D eigenvalue weighted by Crippen LogP contribution is -2.50. The van der Waals surface area contributed by atoms with Gasteiger partial charge in [0.1, 0.15) is 11.6 Å². The van der Waals surface area contributed by atoms with Crippen LogP contribution in [0, 0.1) is 11.3 Å². The van der Waals surface area contributed by atoms with Crippen LogP contribution in [-0.4, -0.2) is 73.0 Å². The van der Waals surface area contributed by atoms with Gasteiger partial charge in [0.2, 0.25) is 0 Å². The number of benzene rings is 1. The number of carboxylic acid groups (broad SMARTS) is 1. The van der Waals surface area contributed by atoms with E-state index in [1.54, 1.807) is 0 Å². The molecule has 0 radical (unpaired) electrons. The molecule has 1 aromatic carbocycles. The molecule has 45 heavy (non-hydrogen) atoms. The number of likely N-dealkylation sites (tertiary alicyclic amines) is 1. The molecular formula is C29H39F8N3O4S. The lowest BCUT2D eigenvalue weighted by Gasteiger charge is -2.27. The average molecular weight is 678 g/mol. The van der Waals surface area contributed by atoms with Crippen LogP contribution < -0.4 is 5.32 Å². The maximum atomic E-state index is 13.3. The molecular weight excluding hydrogens is 638 g/mol. The Hall–Kier alpha value is -2.51. The number of nitrogens with one attached hydrogen (secondary N) is 1. The predicted molar refractivity (Wildman–Crippen MR) is 149 cm³/mol. The lowest BCUT2D eigenvalue weighted by atomic mass is 10.1. The summed E-state index contributed by atoms with van der Waals surface area (Å²) in [7, 11) is -4.89. The highest BCUT2D eigenvalue weighted by Crippen LogP contribution is 2.40. The van der Waals surface area contributed by atoms with Crippen molar-refractivity contribution >= 4 is 15.8 Å². The van der Waals surface area contributed by atoms with Crippen molar-refractivity contribution in [1.29, 1.82) is 5.26 Å². The standard InChI is InChI=1S/C15H13F8NO4S.C14H26N2/c16-13(17,15(21,22)23)7-24-6-8(5-10(24)12(25)26)29(27,28)11-4-2-1-3-9(11)14(18,19)20;1-2-3-4-5-6-7-8-9-12-16-14(13-15)10-11-14/h1-4,8,10H,5-7H2,(H,25,26);16H,2-12H2,1H3/t8-,10+;/m1./s1. The van der Waals surface area contributed by atoms with Gasteiger partial charge in [0, 0.05) is 6.54 Å². The summed E-state index contributed by atoms with van der Waals surface area (Å²) >= 11 is 0. The second kappa shape index (κ2) is 15.9. The molecule has 1 aliphatic carbocycles. The Morgan fingerprint density at radius 1 is 1.00 bits per heavy atom. The van der Waals surface area contributed by atoms with E-state index in [-0.39, 0.29) is 10.4 Å². The second-order valence-corrected chi connectivity index (χ2v) is 13.7. The van der Waals surface area contributed by atoms with Crippen molar-refractivity contribution < 1.29 is 53.4 Å². The van der Waals surface area contributed by atoms with E-state index in [0.29, 0.717) is 12.1 Å². The largest absolute Gasteiger partial charge is 0.480 e. The lowest BCUT2D eigenvalue weighted by molar-refractivity contribution is -0.287. The Bertz CT molecular complexity index is 1260. The van der Waals surface area contributed by atoms with Crippen molar-refractivity contribution in [3.05, 3.63) is 29.8 Å². The second-order valence-electron chi connectivity index (χ2n) is 11.5. The van der Waals surface area contributed by atoms with Gasteiger partial charge in [-0.15, -0.1) is 0 Å². The number of alkyl halides is 8. The number of halogens is 8. The third kappa shape index (κ3) is 11.1. The summed E-state index contributed by atoms with van der Waals surface area (Å²) in [6, 6.07) is 3.29. The van der Waals surface area contributed by atoms with Crippen LogP contribution in [0.15, 0.2) is 29.2 Å². The molecule has 2 N–H and O–H groups in total. The first kappa shape index (κ1) is 38.7. The van der Waals surface area contributed by atoms with E-state index in [9.17, 15) is 48.3 Å². The highest BCUT2D eigenvalue weighted by atomic mass is 32.2. The summed E-state index contributed by atoms with van der Waals surface area (Å²) in [5.74, 6) is -7.21. The molecule has 0 aromatic heterocycles. The van der Waals surface area contributed by atoms with Crippen molar-refractivity contribution in [3.63, 3.8) is 0 Å². The molecule has 2 fully saturated rings. The fraction of sp³-hybridized carbons (Fsp3) is 0.724. The monoisotopic (exact) mass is 677 g/mol. The number of carboxylic acids is 1. The summed E-state index contributed by atoms with van der Waals surface area (Å²) in [6.07, 6.45) is 0.917. The van der Waals surface area contributed by atoms with Gasteiger partial charge in [-0.1, -0.05) is 64.0 Å². The minimum atomic E-state index is -6.02. The first-order chi connectivity index (χ1) is 20.8. The number of rotatable bonds is 15. The molecule has 0 unspecified atom stereocenters.